The number of hydroxylamine groups is 2. The van der Waals surface area contributed by atoms with Crippen LogP contribution in [-0.2, 0) is 70.0 Å². The summed E-state index contributed by atoms with van der Waals surface area (Å²) in [7, 11) is -13.2. The van der Waals surface area contributed by atoms with E-state index in [4.69, 9.17) is 57.3 Å². The van der Waals surface area contributed by atoms with E-state index in [1.807, 2.05) is 0 Å². The molecule has 2 heterocycles. The third-order valence-corrected chi connectivity index (χ3v) is 12.2. The Morgan fingerprint density at radius 3 is 1.01 bits per heavy atom. The molecule has 0 radical (unpaired) electrons. The van der Waals surface area contributed by atoms with E-state index < -0.39 is 120 Å². The van der Waals surface area contributed by atoms with E-state index in [-0.39, 0.29) is 106 Å². The number of benzene rings is 4. The molecule has 27 nitrogen and oxygen atoms in total. The number of esters is 2. The number of amides is 2. The molecule has 1 atom stereocenters. The normalized spacial score (nSPS) is 12.8. The van der Waals surface area contributed by atoms with Gasteiger partial charge in [0, 0.05) is 91.6 Å². The second kappa shape index (κ2) is 52.8. The van der Waals surface area contributed by atoms with Gasteiger partial charge in [0.1, 0.15) is 11.2 Å². The Kier molecular flexibility index (Phi) is 53.4. The Bertz CT molecular complexity index is 3560. The van der Waals surface area contributed by atoms with Crippen LogP contribution in [0.3, 0.4) is 0 Å². The van der Waals surface area contributed by atoms with Crippen molar-refractivity contribution in [2.24, 2.45) is 0 Å². The molecule has 4 aromatic rings. The van der Waals surface area contributed by atoms with Gasteiger partial charge in [0.25, 0.3) is 21.9 Å². The number of nitrogens with zero attached hydrogens (tertiary/aromatic N) is 1. The monoisotopic (exact) mass is 2000 g/mol. The molecular weight excluding hydrogens is 1930 g/mol. The van der Waals surface area contributed by atoms with Gasteiger partial charge in [-0.3, -0.25) is 46.1 Å². The summed E-state index contributed by atoms with van der Waals surface area (Å²) in [6, 6.07) is 23.2. The second-order valence-electron chi connectivity index (χ2n) is 19.8. The summed E-state index contributed by atoms with van der Waals surface area (Å²) >= 11 is 9.54. The fraction of sp³-hybridized carbons (Fsp3) is 0.404. The van der Waals surface area contributed by atoms with Gasteiger partial charge in [-0.25, -0.2) is 19.2 Å². The van der Waals surface area contributed by atoms with Crippen molar-refractivity contribution < 1.29 is 144 Å². The number of carbonyl (C=O) groups is 10. The number of hydrogen-bond donors (Lipinski definition) is 1. The zero-order valence-electron chi connectivity index (χ0n) is 50.8. The average molecular weight is 2000 g/mol. The minimum Gasteiger partial charge on any atom is -0.478 e. The Hall–Kier alpha value is -5.21. The SMILES string of the molecule is C.CC(C)(C)OC(=O)c1ccc(C(=O)C2CCOS2(=O)=O)cc1.CC(C)(C)OC(=O)c1ccc(C(=O)CCCF)cc1.II.I[I-]I.O=C(CCCF)c1ccc(C(=O)ON2C(=O)CCC2=O)cc1.O=C(O)c1ccc(C(=O)CCCF)cc1.O=S(=O)=O.O=S(=O)=O.O=S(=O)=O. The Morgan fingerprint density at radius 2 is 0.771 bits per heavy atom. The molecule has 39 heteroatoms. The van der Waals surface area contributed by atoms with Crippen LogP contribution >= 0.6 is 74.5 Å². The average Bonchev–Trinajstić information content (AvgIpc) is 1.59. The molecule has 2 amide bonds. The number of rotatable bonds is 19. The molecule has 6 rings (SSSR count). The molecule has 2 fully saturated rings. The molecule has 0 saturated carbocycles. The van der Waals surface area contributed by atoms with Gasteiger partial charge in [0.05, 0.1) is 48.9 Å². The third-order valence-electron chi connectivity index (χ3n) is 10.6. The van der Waals surface area contributed by atoms with Gasteiger partial charge in [-0.1, -0.05) is 56.0 Å². The number of Topliss-reactive ketones (excluding diaryl/α,β-unsaturated/α-hetero) is 4. The van der Waals surface area contributed by atoms with Crippen LogP contribution < -0.4 is 13.3 Å². The number of alkyl halides is 3. The van der Waals surface area contributed by atoms with Crippen LogP contribution in [0.1, 0.15) is 190 Å². The van der Waals surface area contributed by atoms with Crippen molar-refractivity contribution in [2.75, 3.05) is 26.6 Å². The van der Waals surface area contributed by atoms with Crippen molar-refractivity contribution in [3.63, 3.8) is 0 Å². The number of aromatic carboxylic acids is 1. The summed E-state index contributed by atoms with van der Waals surface area (Å²) < 4.78 is 150. The number of carbonyl (C=O) groups excluding carboxylic acids is 9. The standard InChI is InChI=1S/C15H14FNO5.C15H19FO3.C15H18O6S.C11H11FO3.CH4.I3.I2.3O3S/c16-9-1-2-12(18)10-3-5-11(6-4-10)15(21)22-17-13(19)7-8-14(17)20;1-15(2,3)19-14(18)12-8-6-11(7-9-12)13(17)5-4-10-16;1-15(2,3)21-14(17)11-6-4-10(5-7-11)13(16)12-8-9-20-22(12,18)19;12-7-1-2-10(13)8-3-5-9(6-4-8)11(14)15;;1-3-2;1-2;3*1-4(2)3/h3-6H,1-2,7-9H2;6-9H,4-5,10H2,1-3H3;4-7,12H,8-9H2,1-3H3;3-6H,1-2,7H2,(H,14,15);1H4;;;;;/q;;;;;-1;;;;. The molecule has 1 N–H and O–H groups in total. The van der Waals surface area contributed by atoms with E-state index in [1.165, 1.54) is 72.8 Å². The predicted octanol–water partition coefficient (Wildman–Crippen LogP) is 7.85. The second-order valence-corrected chi connectivity index (χ2v) is 39.1. The molecule has 0 aromatic heterocycles. The number of carboxylic acid groups (broad SMARTS) is 1. The Balaban J connectivity index is -0.000000544. The van der Waals surface area contributed by atoms with E-state index in [0.717, 1.165) is 0 Å². The maximum absolute atomic E-state index is 12.2. The first-order valence-corrected chi connectivity index (χ1v) is 49.7. The van der Waals surface area contributed by atoms with Gasteiger partial charge in [-0.2, -0.15) is 8.42 Å². The third kappa shape index (κ3) is 45.4. The van der Waals surface area contributed by atoms with Crippen LogP contribution in [0, 0.1) is 0 Å². The molecule has 96 heavy (non-hydrogen) atoms. The van der Waals surface area contributed by atoms with Crippen LogP contribution in [0.15, 0.2) is 97.1 Å². The fourth-order valence-electron chi connectivity index (χ4n) is 6.68. The van der Waals surface area contributed by atoms with E-state index in [9.17, 15) is 69.5 Å². The number of imide groups is 1. The number of hydrogen-bond acceptors (Lipinski definition) is 25. The topological polar surface area (TPSA) is 419 Å². The first-order chi connectivity index (χ1) is 44.2. The van der Waals surface area contributed by atoms with Gasteiger partial charge in [0.2, 0.25) is 0 Å². The van der Waals surface area contributed by atoms with Crippen LogP contribution in [0.2, 0.25) is 0 Å². The van der Waals surface area contributed by atoms with Crippen LogP contribution in [0.5, 0.6) is 0 Å². The van der Waals surface area contributed by atoms with Gasteiger partial charge in [-0.05, 0) is 116 Å². The van der Waals surface area contributed by atoms with Gasteiger partial charge in [-0.15, -0.1) is 42.9 Å². The van der Waals surface area contributed by atoms with E-state index in [1.54, 1.807) is 65.8 Å². The van der Waals surface area contributed by atoms with Crippen molar-refractivity contribution in [3.8, 4) is 0 Å². The smallest absolute Gasteiger partial charge is 0.425 e. The molecule has 0 aliphatic carbocycles. The molecule has 536 valence electrons. The molecule has 2 saturated heterocycles. The number of ketones is 4. The zero-order valence-corrected chi connectivity index (χ0v) is 64.8. The largest absolute Gasteiger partial charge is 0.478 e. The maximum atomic E-state index is 12.2. The quantitative estimate of drug-likeness (QED) is 0.0307. The minimum absolute atomic E-state index is 0. The Morgan fingerprint density at radius 1 is 0.521 bits per heavy atom. The Labute approximate surface area is 609 Å². The van der Waals surface area contributed by atoms with E-state index >= 15 is 0 Å². The van der Waals surface area contributed by atoms with Crippen LogP contribution in [0.25, 0.3) is 0 Å². The van der Waals surface area contributed by atoms with Crippen molar-refractivity contribution in [1.82, 2.24) is 5.06 Å². The fourth-order valence-corrected chi connectivity index (χ4v) is 7.96. The summed E-state index contributed by atoms with van der Waals surface area (Å²) in [5, 5.41) is 7.92. The van der Waals surface area contributed by atoms with Gasteiger partial charge >= 0.3 is 106 Å². The van der Waals surface area contributed by atoms with Gasteiger partial charge in [0.15, 0.2) is 28.4 Å². The molecule has 1 unspecified atom stereocenters. The van der Waals surface area contributed by atoms with Crippen molar-refractivity contribution >= 4 is 175 Å². The van der Waals surface area contributed by atoms with E-state index in [2.05, 4.69) is 78.6 Å². The van der Waals surface area contributed by atoms with Crippen LogP contribution in [0.4, 0.5) is 13.2 Å². The number of ether oxygens (including phenoxy) is 2. The van der Waals surface area contributed by atoms with E-state index in [0.29, 0.717) is 46.1 Å². The molecule has 0 bridgehead atoms. The van der Waals surface area contributed by atoms with Crippen molar-refractivity contribution in [1.29, 1.82) is 0 Å². The first-order valence-electron chi connectivity index (χ1n) is 26.4. The first kappa shape index (κ1) is 97.2. The predicted molar refractivity (Wildman–Crippen MR) is 368 cm³/mol. The molecule has 2 aliphatic rings. The summed E-state index contributed by atoms with van der Waals surface area (Å²) in [6.45, 7) is 9.10. The zero-order chi connectivity index (χ0) is 73.8. The van der Waals surface area contributed by atoms with Gasteiger partial charge < -0.3 is 19.4 Å². The molecule has 4 aromatic carbocycles. The molecular formula is C57H66F3I5NO26S4-. The summed E-state index contributed by atoms with van der Waals surface area (Å²) in [5.74, 6) is -4.94. The maximum Gasteiger partial charge on any atom is 0.425 e. The number of carboxylic acids is 1. The summed E-state index contributed by atoms with van der Waals surface area (Å²) in [4.78, 5) is 120. The van der Waals surface area contributed by atoms with Crippen molar-refractivity contribution in [3.05, 3.63) is 142 Å². The molecule has 2 aliphatic heterocycles. The molecule has 0 spiro atoms. The number of halogens is 8. The van der Waals surface area contributed by atoms with Crippen LogP contribution in [-0.4, -0.2) is 158 Å². The summed E-state index contributed by atoms with van der Waals surface area (Å²) in [6.07, 6.45) is 1.22. The summed E-state index contributed by atoms with van der Waals surface area (Å²) in [5.41, 5.74) is 1.28. The van der Waals surface area contributed by atoms with Crippen molar-refractivity contribution in [2.45, 2.75) is 123 Å². The minimum atomic E-state index is -3.83.